The minimum Gasteiger partial charge on any atom is -0.485 e. The van der Waals surface area contributed by atoms with Crippen LogP contribution in [0.15, 0.2) is 12.1 Å². The Morgan fingerprint density at radius 2 is 1.88 bits per heavy atom. The third kappa shape index (κ3) is 3.21. The number of hydrogen-bond donors (Lipinski definition) is 1. The number of carboxylic acid groups (broad SMARTS) is 1. The van der Waals surface area contributed by atoms with Gasteiger partial charge in [0.15, 0.2) is 5.75 Å². The molecule has 0 atom stereocenters. The molecular formula is C9H6Cl2F2O3. The summed E-state index contributed by atoms with van der Waals surface area (Å²) in [5, 5.41) is 8.42. The van der Waals surface area contributed by atoms with Gasteiger partial charge in [0, 0.05) is 0 Å². The molecule has 7 heteroatoms. The zero-order chi connectivity index (χ0) is 12.3. The summed E-state index contributed by atoms with van der Waals surface area (Å²) in [6.45, 7) is -0.855. The molecule has 0 amide bonds. The first-order chi connectivity index (χ1) is 7.41. The predicted molar refractivity (Wildman–Crippen MR) is 54.9 cm³/mol. The van der Waals surface area contributed by atoms with Crippen LogP contribution in [0.2, 0.25) is 10.0 Å². The highest BCUT2D eigenvalue weighted by Crippen LogP contribution is 2.34. The number of benzene rings is 1. The zero-order valence-corrected chi connectivity index (χ0v) is 9.23. The minimum atomic E-state index is -2.66. The topological polar surface area (TPSA) is 46.5 Å². The smallest absolute Gasteiger partial charge is 0.335 e. The molecule has 0 spiro atoms. The van der Waals surface area contributed by atoms with Crippen LogP contribution >= 0.6 is 23.2 Å². The third-order valence-electron chi connectivity index (χ3n) is 1.60. The van der Waals surface area contributed by atoms with Crippen molar-refractivity contribution in [3.05, 3.63) is 27.7 Å². The Morgan fingerprint density at radius 1 is 1.38 bits per heavy atom. The van der Waals surface area contributed by atoms with E-state index >= 15 is 0 Å². The van der Waals surface area contributed by atoms with E-state index in [1.54, 1.807) is 0 Å². The van der Waals surface area contributed by atoms with Crippen LogP contribution in [0.4, 0.5) is 8.78 Å². The van der Waals surface area contributed by atoms with Crippen LogP contribution in [-0.2, 0) is 0 Å². The summed E-state index contributed by atoms with van der Waals surface area (Å²) in [5.74, 6) is -1.36. The molecule has 16 heavy (non-hydrogen) atoms. The molecule has 0 saturated heterocycles. The number of halogens is 4. The molecule has 1 rings (SSSR count). The van der Waals surface area contributed by atoms with Crippen molar-refractivity contribution in [2.75, 3.05) is 6.61 Å². The highest BCUT2D eigenvalue weighted by atomic mass is 35.5. The van der Waals surface area contributed by atoms with Crippen molar-refractivity contribution in [2.24, 2.45) is 0 Å². The maximum atomic E-state index is 11.9. The van der Waals surface area contributed by atoms with Crippen molar-refractivity contribution in [1.29, 1.82) is 0 Å². The van der Waals surface area contributed by atoms with Gasteiger partial charge >= 0.3 is 5.97 Å². The average Bonchev–Trinajstić information content (AvgIpc) is 2.15. The van der Waals surface area contributed by atoms with E-state index in [1.807, 2.05) is 0 Å². The summed E-state index contributed by atoms with van der Waals surface area (Å²) in [4.78, 5) is 10.6. The molecule has 3 nitrogen and oxygen atoms in total. The summed E-state index contributed by atoms with van der Waals surface area (Å²) >= 11 is 11.3. The lowest BCUT2D eigenvalue weighted by Gasteiger charge is -2.10. The van der Waals surface area contributed by atoms with E-state index in [-0.39, 0.29) is 21.4 Å². The van der Waals surface area contributed by atoms with Gasteiger partial charge in [0.1, 0.15) is 6.61 Å². The van der Waals surface area contributed by atoms with Gasteiger partial charge in [-0.1, -0.05) is 23.2 Å². The van der Waals surface area contributed by atoms with Crippen LogP contribution in [0.25, 0.3) is 0 Å². The lowest BCUT2D eigenvalue weighted by Crippen LogP contribution is -2.08. The quantitative estimate of drug-likeness (QED) is 0.913. The molecule has 0 aromatic heterocycles. The molecule has 0 fully saturated rings. The molecule has 0 unspecified atom stereocenters. The average molecular weight is 271 g/mol. The summed E-state index contributed by atoms with van der Waals surface area (Å²) in [6.07, 6.45) is -2.66. The van der Waals surface area contributed by atoms with Crippen molar-refractivity contribution >= 4 is 29.2 Å². The van der Waals surface area contributed by atoms with Crippen LogP contribution in [0, 0.1) is 0 Å². The molecule has 1 aromatic carbocycles. The lowest BCUT2D eigenvalue weighted by atomic mass is 10.2. The van der Waals surface area contributed by atoms with Crippen molar-refractivity contribution in [3.8, 4) is 5.75 Å². The van der Waals surface area contributed by atoms with Crippen LogP contribution in [-0.4, -0.2) is 24.1 Å². The van der Waals surface area contributed by atoms with E-state index < -0.39 is 19.0 Å². The maximum absolute atomic E-state index is 11.9. The molecule has 88 valence electrons. The normalized spacial score (nSPS) is 10.6. The first-order valence-corrected chi connectivity index (χ1v) is 4.80. The summed E-state index contributed by atoms with van der Waals surface area (Å²) < 4.78 is 28.4. The number of hydrogen-bond acceptors (Lipinski definition) is 2. The van der Waals surface area contributed by atoms with Crippen LogP contribution < -0.4 is 4.74 Å². The second-order valence-corrected chi connectivity index (χ2v) is 3.59. The summed E-state index contributed by atoms with van der Waals surface area (Å²) in [6, 6.07) is 2.16. The maximum Gasteiger partial charge on any atom is 0.335 e. The standard InChI is InChI=1S/C9H6Cl2F2O3/c10-5-1-4(9(14)15)2-6(11)8(5)16-3-7(12)13/h1-2,7H,3H2,(H,14,15). The zero-order valence-electron chi connectivity index (χ0n) is 7.71. The van der Waals surface area contributed by atoms with Crippen molar-refractivity contribution in [2.45, 2.75) is 6.43 Å². The molecule has 0 aliphatic carbocycles. The fourth-order valence-electron chi connectivity index (χ4n) is 0.968. The Kier molecular flexibility index (Phi) is 4.32. The van der Waals surface area contributed by atoms with E-state index in [2.05, 4.69) is 4.74 Å². The number of aromatic carboxylic acids is 1. The fraction of sp³-hybridized carbons (Fsp3) is 0.222. The van der Waals surface area contributed by atoms with E-state index in [4.69, 9.17) is 28.3 Å². The predicted octanol–water partition coefficient (Wildman–Crippen LogP) is 3.34. The molecule has 0 radical (unpaired) electrons. The Labute approximate surface area is 99.5 Å². The van der Waals surface area contributed by atoms with Gasteiger partial charge in [-0.15, -0.1) is 0 Å². The first kappa shape index (κ1) is 13.0. The lowest BCUT2D eigenvalue weighted by molar-refractivity contribution is 0.0695. The Morgan fingerprint density at radius 3 is 2.25 bits per heavy atom. The van der Waals surface area contributed by atoms with Crippen LogP contribution in [0.3, 0.4) is 0 Å². The van der Waals surface area contributed by atoms with Gasteiger partial charge in [-0.05, 0) is 12.1 Å². The fourth-order valence-corrected chi connectivity index (χ4v) is 1.56. The van der Waals surface area contributed by atoms with Crippen LogP contribution in [0.5, 0.6) is 5.75 Å². The number of alkyl halides is 2. The van der Waals surface area contributed by atoms with E-state index in [0.717, 1.165) is 12.1 Å². The van der Waals surface area contributed by atoms with E-state index in [1.165, 1.54) is 0 Å². The molecule has 0 bridgehead atoms. The molecule has 1 aromatic rings. The van der Waals surface area contributed by atoms with Crippen LogP contribution in [0.1, 0.15) is 10.4 Å². The number of carboxylic acids is 1. The highest BCUT2D eigenvalue weighted by molar-refractivity contribution is 6.37. The second-order valence-electron chi connectivity index (χ2n) is 2.78. The molecule has 0 aliphatic heterocycles. The molecule has 0 saturated carbocycles. The van der Waals surface area contributed by atoms with E-state index in [9.17, 15) is 13.6 Å². The SMILES string of the molecule is O=C(O)c1cc(Cl)c(OCC(F)F)c(Cl)c1. The molecule has 0 heterocycles. The highest BCUT2D eigenvalue weighted by Gasteiger charge is 2.14. The van der Waals surface area contributed by atoms with Gasteiger partial charge in [-0.3, -0.25) is 0 Å². The molecule has 0 aliphatic rings. The summed E-state index contributed by atoms with van der Waals surface area (Å²) in [5.41, 5.74) is -0.139. The van der Waals surface area contributed by atoms with Gasteiger partial charge in [-0.2, -0.15) is 0 Å². The van der Waals surface area contributed by atoms with Gasteiger partial charge in [0.2, 0.25) is 0 Å². The second kappa shape index (κ2) is 5.32. The number of ether oxygens (including phenoxy) is 1. The van der Waals surface area contributed by atoms with Crippen molar-refractivity contribution < 1.29 is 23.4 Å². The van der Waals surface area contributed by atoms with E-state index in [0.29, 0.717) is 0 Å². The van der Waals surface area contributed by atoms with Gasteiger partial charge in [0.25, 0.3) is 6.43 Å². The Bertz CT molecular complexity index is 387. The first-order valence-electron chi connectivity index (χ1n) is 4.05. The van der Waals surface area contributed by atoms with Gasteiger partial charge in [0.05, 0.1) is 15.6 Å². The number of carbonyl (C=O) groups is 1. The van der Waals surface area contributed by atoms with Crippen molar-refractivity contribution in [1.82, 2.24) is 0 Å². The van der Waals surface area contributed by atoms with Crippen molar-refractivity contribution in [3.63, 3.8) is 0 Å². The Hall–Kier alpha value is -1.07. The minimum absolute atomic E-state index is 0.120. The van der Waals surface area contributed by atoms with Gasteiger partial charge < -0.3 is 9.84 Å². The Balaban J connectivity index is 2.98. The summed E-state index contributed by atoms with van der Waals surface area (Å²) in [7, 11) is 0. The van der Waals surface area contributed by atoms with Gasteiger partial charge in [-0.25, -0.2) is 13.6 Å². The monoisotopic (exact) mass is 270 g/mol. The molecule has 1 N–H and O–H groups in total. The largest absolute Gasteiger partial charge is 0.485 e. The third-order valence-corrected chi connectivity index (χ3v) is 2.16. The number of rotatable bonds is 4. The molecular weight excluding hydrogens is 265 g/mol.